The average Bonchev–Trinajstić information content (AvgIpc) is 2.71. The van der Waals surface area contributed by atoms with Crippen molar-refractivity contribution >= 4 is 56.4 Å². The normalized spacial score (nSPS) is 10.9. The maximum absolute atomic E-state index is 6.07. The first kappa shape index (κ1) is 13.0. The lowest BCUT2D eigenvalue weighted by Crippen LogP contribution is -1.83. The average molecular weight is 331 g/mol. The molecule has 3 rings (SSSR count). The Bertz CT molecular complexity index is 736. The van der Waals surface area contributed by atoms with Crippen LogP contribution in [0.4, 0.5) is 0 Å². The molecule has 2 aromatic carbocycles. The van der Waals surface area contributed by atoms with E-state index in [1.807, 2.05) is 12.1 Å². The third-order valence-corrected chi connectivity index (χ3v) is 4.03. The van der Waals surface area contributed by atoms with Crippen molar-refractivity contribution in [2.45, 2.75) is 0 Å². The smallest absolute Gasteiger partial charge is 0.279 e. The highest BCUT2D eigenvalue weighted by atomic mass is 35.5. The van der Waals surface area contributed by atoms with Gasteiger partial charge in [0.25, 0.3) is 5.19 Å². The van der Waals surface area contributed by atoms with Gasteiger partial charge in [0.1, 0.15) is 11.3 Å². The minimum absolute atomic E-state index is 0.501. The van der Waals surface area contributed by atoms with Gasteiger partial charge in [-0.25, -0.2) is 4.98 Å². The quantitative estimate of drug-likeness (QED) is 0.570. The summed E-state index contributed by atoms with van der Waals surface area (Å²) < 4.78 is 6.63. The number of fused-ring (bicyclic) bond motifs is 1. The van der Waals surface area contributed by atoms with E-state index >= 15 is 0 Å². The molecular weight excluding hydrogens is 325 g/mol. The lowest BCUT2D eigenvalue weighted by molar-refractivity contribution is 0.480. The van der Waals surface area contributed by atoms with E-state index in [0.717, 1.165) is 10.2 Å². The second-order valence-electron chi connectivity index (χ2n) is 3.77. The van der Waals surface area contributed by atoms with Crippen molar-refractivity contribution in [1.29, 1.82) is 0 Å². The van der Waals surface area contributed by atoms with Crippen LogP contribution in [0.25, 0.3) is 10.2 Å². The largest absolute Gasteiger partial charge is 0.431 e. The van der Waals surface area contributed by atoms with Gasteiger partial charge in [0, 0.05) is 10.0 Å². The summed E-state index contributed by atoms with van der Waals surface area (Å²) in [7, 11) is 0. The molecule has 0 spiro atoms. The highest BCUT2D eigenvalue weighted by Gasteiger charge is 2.09. The van der Waals surface area contributed by atoms with Gasteiger partial charge in [-0.3, -0.25) is 0 Å². The predicted octanol–water partition coefficient (Wildman–Crippen LogP) is 6.05. The van der Waals surface area contributed by atoms with Crippen molar-refractivity contribution in [2.24, 2.45) is 0 Å². The molecule has 1 heterocycles. The van der Waals surface area contributed by atoms with Crippen LogP contribution < -0.4 is 4.74 Å². The zero-order valence-corrected chi connectivity index (χ0v) is 12.4. The summed E-state index contributed by atoms with van der Waals surface area (Å²) in [6.45, 7) is 0. The van der Waals surface area contributed by atoms with Crippen molar-refractivity contribution in [3.05, 3.63) is 51.5 Å². The first-order chi connectivity index (χ1) is 9.11. The van der Waals surface area contributed by atoms with Gasteiger partial charge in [0.15, 0.2) is 0 Å². The standard InChI is InChI=1S/C13H6Cl3NOS/c14-7-4-8(15)6-9(5-7)18-13-17-12-10(16)2-1-3-11(12)19-13/h1-6H. The number of benzene rings is 2. The van der Waals surface area contributed by atoms with Crippen LogP contribution in [0, 0.1) is 0 Å². The van der Waals surface area contributed by atoms with Gasteiger partial charge in [0.2, 0.25) is 0 Å². The van der Waals surface area contributed by atoms with Gasteiger partial charge in [-0.15, -0.1) is 0 Å². The Morgan fingerprint density at radius 1 is 1.00 bits per heavy atom. The van der Waals surface area contributed by atoms with Crippen LogP contribution in [0.1, 0.15) is 0 Å². The summed E-state index contributed by atoms with van der Waals surface area (Å²) in [5, 5.41) is 2.14. The Kier molecular flexibility index (Phi) is 3.54. The van der Waals surface area contributed by atoms with Crippen LogP contribution in [0.15, 0.2) is 36.4 Å². The number of nitrogens with zero attached hydrogens (tertiary/aromatic N) is 1. The first-order valence-electron chi connectivity index (χ1n) is 5.31. The van der Waals surface area contributed by atoms with Gasteiger partial charge in [-0.05, 0) is 30.3 Å². The first-order valence-corrected chi connectivity index (χ1v) is 7.26. The van der Waals surface area contributed by atoms with Crippen LogP contribution in [0.5, 0.6) is 10.9 Å². The van der Waals surface area contributed by atoms with Crippen LogP contribution in [-0.4, -0.2) is 4.98 Å². The third-order valence-electron chi connectivity index (χ3n) is 2.39. The molecule has 0 radical (unpaired) electrons. The molecule has 0 unspecified atom stereocenters. The molecule has 0 saturated carbocycles. The maximum atomic E-state index is 6.07. The number of thiazole rings is 1. The summed E-state index contributed by atoms with van der Waals surface area (Å²) >= 11 is 19.3. The fourth-order valence-corrected chi connectivity index (χ4v) is 3.27. The molecule has 0 N–H and O–H groups in total. The number of rotatable bonds is 2. The van der Waals surface area contributed by atoms with E-state index in [1.165, 1.54) is 11.3 Å². The SMILES string of the molecule is Clc1cc(Cl)cc(Oc2nc3c(Cl)cccc3s2)c1. The summed E-state index contributed by atoms with van der Waals surface area (Å²) in [5.74, 6) is 0.549. The molecule has 19 heavy (non-hydrogen) atoms. The van der Waals surface area contributed by atoms with Gasteiger partial charge < -0.3 is 4.74 Å². The second-order valence-corrected chi connectivity index (χ2v) is 6.05. The fourth-order valence-electron chi connectivity index (χ4n) is 1.63. The lowest BCUT2D eigenvalue weighted by Gasteiger charge is -2.02. The zero-order valence-electron chi connectivity index (χ0n) is 9.36. The minimum atomic E-state index is 0.501. The molecule has 0 atom stereocenters. The molecular formula is C13H6Cl3NOS. The topological polar surface area (TPSA) is 22.1 Å². The number of hydrogen-bond donors (Lipinski definition) is 0. The molecule has 0 amide bonds. The highest BCUT2D eigenvalue weighted by molar-refractivity contribution is 7.20. The predicted molar refractivity (Wildman–Crippen MR) is 81.2 cm³/mol. The van der Waals surface area contributed by atoms with Crippen molar-refractivity contribution in [3.8, 4) is 10.9 Å². The van der Waals surface area contributed by atoms with E-state index in [9.17, 15) is 0 Å². The second kappa shape index (κ2) is 5.17. The van der Waals surface area contributed by atoms with Crippen LogP contribution in [0.3, 0.4) is 0 Å². The molecule has 0 bridgehead atoms. The number of ether oxygens (including phenoxy) is 1. The van der Waals surface area contributed by atoms with Crippen LogP contribution >= 0.6 is 46.1 Å². The summed E-state index contributed by atoms with van der Waals surface area (Å²) in [5.41, 5.74) is 0.734. The molecule has 3 aromatic rings. The van der Waals surface area contributed by atoms with E-state index in [-0.39, 0.29) is 0 Å². The summed E-state index contributed by atoms with van der Waals surface area (Å²) in [6, 6.07) is 10.6. The minimum Gasteiger partial charge on any atom is -0.431 e. The molecule has 2 nitrogen and oxygen atoms in total. The van der Waals surface area contributed by atoms with Crippen LogP contribution in [-0.2, 0) is 0 Å². The van der Waals surface area contributed by atoms with E-state index in [2.05, 4.69) is 4.98 Å². The van der Waals surface area contributed by atoms with Gasteiger partial charge >= 0.3 is 0 Å². The monoisotopic (exact) mass is 329 g/mol. The Labute approximate surface area is 128 Å². The molecule has 0 saturated heterocycles. The van der Waals surface area contributed by atoms with Crippen molar-refractivity contribution in [3.63, 3.8) is 0 Å². The van der Waals surface area contributed by atoms with Crippen molar-refractivity contribution in [2.75, 3.05) is 0 Å². The number of aromatic nitrogens is 1. The van der Waals surface area contributed by atoms with E-state index in [0.29, 0.717) is 26.0 Å². The maximum Gasteiger partial charge on any atom is 0.279 e. The third kappa shape index (κ3) is 2.79. The molecule has 0 fully saturated rings. The summed E-state index contributed by atoms with van der Waals surface area (Å²) in [6.07, 6.45) is 0. The lowest BCUT2D eigenvalue weighted by atomic mass is 10.3. The summed E-state index contributed by atoms with van der Waals surface area (Å²) in [4.78, 5) is 4.35. The molecule has 96 valence electrons. The number of para-hydroxylation sites is 1. The number of hydrogen-bond acceptors (Lipinski definition) is 3. The highest BCUT2D eigenvalue weighted by Crippen LogP contribution is 2.35. The fraction of sp³-hybridized carbons (Fsp3) is 0. The van der Waals surface area contributed by atoms with Gasteiger partial charge in [0.05, 0.1) is 9.72 Å². The Hall–Kier alpha value is -1.00. The molecule has 1 aromatic heterocycles. The Morgan fingerprint density at radius 2 is 1.74 bits per heavy atom. The zero-order chi connectivity index (χ0) is 13.4. The van der Waals surface area contributed by atoms with E-state index in [1.54, 1.807) is 24.3 Å². The molecule has 0 aliphatic rings. The molecule has 6 heteroatoms. The Balaban J connectivity index is 1.99. The Morgan fingerprint density at radius 3 is 2.42 bits per heavy atom. The molecule has 0 aliphatic carbocycles. The van der Waals surface area contributed by atoms with Crippen molar-refractivity contribution in [1.82, 2.24) is 4.98 Å². The van der Waals surface area contributed by atoms with Gasteiger partial charge in [-0.2, -0.15) is 0 Å². The van der Waals surface area contributed by atoms with Crippen molar-refractivity contribution < 1.29 is 4.74 Å². The van der Waals surface area contributed by atoms with E-state index < -0.39 is 0 Å². The van der Waals surface area contributed by atoms with Gasteiger partial charge in [-0.1, -0.05) is 52.2 Å². The van der Waals surface area contributed by atoms with Crippen LogP contribution in [0.2, 0.25) is 15.1 Å². The van der Waals surface area contributed by atoms with E-state index in [4.69, 9.17) is 39.5 Å². The number of halogens is 3. The molecule has 0 aliphatic heterocycles.